The van der Waals surface area contributed by atoms with Crippen LogP contribution in [0, 0.1) is 0 Å². The lowest BCUT2D eigenvalue weighted by Gasteiger charge is -2.12. The first-order valence-electron chi connectivity index (χ1n) is 3.67. The lowest BCUT2D eigenvalue weighted by atomic mass is 10.3. The topological polar surface area (TPSA) is 18.5 Å². The highest BCUT2D eigenvalue weighted by Gasteiger charge is 2.00. The maximum absolute atomic E-state index is 5.39. The van der Waals surface area contributed by atoms with E-state index >= 15 is 0 Å². The predicted octanol–water partition coefficient (Wildman–Crippen LogP) is 2.82. The van der Waals surface area contributed by atoms with Crippen molar-refractivity contribution >= 4 is 15.9 Å². The van der Waals surface area contributed by atoms with Crippen LogP contribution in [-0.2, 0) is 4.74 Å². The summed E-state index contributed by atoms with van der Waals surface area (Å²) in [5, 5.41) is 0. The molecule has 0 fully saturated rings. The Bertz CT molecular complexity index is 250. The van der Waals surface area contributed by atoms with Gasteiger partial charge in [0.2, 0.25) is 0 Å². The van der Waals surface area contributed by atoms with E-state index in [2.05, 4.69) is 15.9 Å². The van der Waals surface area contributed by atoms with Crippen molar-refractivity contribution in [1.82, 2.24) is 0 Å². The molecule has 66 valence electrons. The summed E-state index contributed by atoms with van der Waals surface area (Å²) in [6.07, 6.45) is -0.209. The molecule has 1 rings (SSSR count). The first-order valence-corrected chi connectivity index (χ1v) is 4.46. The summed E-state index contributed by atoms with van der Waals surface area (Å²) < 4.78 is 11.4. The van der Waals surface area contributed by atoms with E-state index < -0.39 is 0 Å². The average molecular weight is 231 g/mol. The predicted molar refractivity (Wildman–Crippen MR) is 51.2 cm³/mol. The van der Waals surface area contributed by atoms with Crippen molar-refractivity contribution in [3.8, 4) is 5.75 Å². The standard InChI is InChI=1S/C9H11BrO2/c1-7(11-2)12-9-5-3-4-8(10)6-9/h3-7H,1-2H3. The van der Waals surface area contributed by atoms with Gasteiger partial charge in [-0.15, -0.1) is 0 Å². The van der Waals surface area contributed by atoms with E-state index in [-0.39, 0.29) is 6.29 Å². The Hall–Kier alpha value is -0.540. The van der Waals surface area contributed by atoms with Crippen LogP contribution in [0.25, 0.3) is 0 Å². The molecule has 0 aliphatic heterocycles. The zero-order chi connectivity index (χ0) is 8.97. The molecule has 0 N–H and O–H groups in total. The molecule has 0 spiro atoms. The molecule has 0 aliphatic carbocycles. The Labute approximate surface area is 80.6 Å². The number of rotatable bonds is 3. The lowest BCUT2D eigenvalue weighted by Crippen LogP contribution is -2.13. The van der Waals surface area contributed by atoms with Crippen LogP contribution in [0.5, 0.6) is 5.75 Å². The number of hydrogen-bond donors (Lipinski definition) is 0. The molecule has 1 aromatic carbocycles. The van der Waals surface area contributed by atoms with E-state index in [1.807, 2.05) is 31.2 Å². The van der Waals surface area contributed by atoms with Crippen molar-refractivity contribution in [3.05, 3.63) is 28.7 Å². The molecule has 1 atom stereocenters. The summed E-state index contributed by atoms with van der Waals surface area (Å²) in [6.45, 7) is 1.85. The fourth-order valence-electron chi connectivity index (χ4n) is 0.780. The SMILES string of the molecule is COC(C)Oc1cccc(Br)c1. The molecule has 2 nitrogen and oxygen atoms in total. The number of hydrogen-bond acceptors (Lipinski definition) is 2. The lowest BCUT2D eigenvalue weighted by molar-refractivity contribution is -0.0383. The molecule has 0 saturated heterocycles. The molecule has 0 bridgehead atoms. The molecule has 1 unspecified atom stereocenters. The molecule has 0 aliphatic rings. The normalized spacial score (nSPS) is 12.6. The van der Waals surface area contributed by atoms with Gasteiger partial charge in [0.15, 0.2) is 6.29 Å². The van der Waals surface area contributed by atoms with Gasteiger partial charge in [-0.1, -0.05) is 22.0 Å². The second kappa shape index (κ2) is 4.48. The third kappa shape index (κ3) is 2.83. The van der Waals surface area contributed by atoms with Gasteiger partial charge >= 0.3 is 0 Å². The minimum atomic E-state index is -0.209. The average Bonchev–Trinajstić information content (AvgIpc) is 2.04. The summed E-state index contributed by atoms with van der Waals surface area (Å²) in [6, 6.07) is 7.65. The van der Waals surface area contributed by atoms with Crippen molar-refractivity contribution < 1.29 is 9.47 Å². The zero-order valence-electron chi connectivity index (χ0n) is 7.08. The van der Waals surface area contributed by atoms with Gasteiger partial charge in [-0.2, -0.15) is 0 Å². The summed E-state index contributed by atoms with van der Waals surface area (Å²) in [5.74, 6) is 0.804. The summed E-state index contributed by atoms with van der Waals surface area (Å²) in [7, 11) is 1.61. The van der Waals surface area contributed by atoms with Gasteiger partial charge in [0.1, 0.15) is 5.75 Å². The van der Waals surface area contributed by atoms with Crippen LogP contribution < -0.4 is 4.74 Å². The smallest absolute Gasteiger partial charge is 0.196 e. The highest BCUT2D eigenvalue weighted by molar-refractivity contribution is 9.10. The van der Waals surface area contributed by atoms with Crippen molar-refractivity contribution in [3.63, 3.8) is 0 Å². The first kappa shape index (κ1) is 9.55. The van der Waals surface area contributed by atoms with Crippen LogP contribution in [0.3, 0.4) is 0 Å². The van der Waals surface area contributed by atoms with Gasteiger partial charge in [-0.25, -0.2) is 0 Å². The molecular formula is C9H11BrO2. The van der Waals surface area contributed by atoms with E-state index in [1.54, 1.807) is 7.11 Å². The maximum Gasteiger partial charge on any atom is 0.196 e. The number of benzene rings is 1. The molecule has 0 aromatic heterocycles. The third-order valence-corrected chi connectivity index (χ3v) is 1.92. The number of methoxy groups -OCH3 is 1. The van der Waals surface area contributed by atoms with E-state index in [0.29, 0.717) is 0 Å². The van der Waals surface area contributed by atoms with Crippen LogP contribution >= 0.6 is 15.9 Å². The van der Waals surface area contributed by atoms with Gasteiger partial charge in [0.05, 0.1) is 0 Å². The second-order valence-corrected chi connectivity index (χ2v) is 3.29. The molecule has 1 aromatic rings. The minimum Gasteiger partial charge on any atom is -0.465 e. The van der Waals surface area contributed by atoms with Crippen molar-refractivity contribution in [2.45, 2.75) is 13.2 Å². The Morgan fingerprint density at radius 3 is 2.75 bits per heavy atom. The van der Waals surface area contributed by atoms with Crippen LogP contribution in [-0.4, -0.2) is 13.4 Å². The van der Waals surface area contributed by atoms with E-state index in [9.17, 15) is 0 Å². The molecule has 0 amide bonds. The van der Waals surface area contributed by atoms with E-state index in [1.165, 1.54) is 0 Å². The summed E-state index contributed by atoms with van der Waals surface area (Å²) in [5.41, 5.74) is 0. The van der Waals surface area contributed by atoms with E-state index in [0.717, 1.165) is 10.2 Å². The highest BCUT2D eigenvalue weighted by atomic mass is 79.9. The molecule has 0 heterocycles. The molecule has 0 saturated carbocycles. The third-order valence-electron chi connectivity index (χ3n) is 1.43. The Morgan fingerprint density at radius 1 is 1.42 bits per heavy atom. The summed E-state index contributed by atoms with van der Waals surface area (Å²) >= 11 is 3.35. The van der Waals surface area contributed by atoms with E-state index in [4.69, 9.17) is 9.47 Å². The zero-order valence-corrected chi connectivity index (χ0v) is 8.67. The van der Waals surface area contributed by atoms with Crippen LogP contribution in [0.15, 0.2) is 28.7 Å². The van der Waals surface area contributed by atoms with Gasteiger partial charge in [-0.3, -0.25) is 0 Å². The molecule has 3 heteroatoms. The van der Waals surface area contributed by atoms with Gasteiger partial charge in [0, 0.05) is 11.6 Å². The molecular weight excluding hydrogens is 220 g/mol. The fourth-order valence-corrected chi connectivity index (χ4v) is 1.16. The van der Waals surface area contributed by atoms with Crippen LogP contribution in [0.2, 0.25) is 0 Å². The Kier molecular flexibility index (Phi) is 3.56. The van der Waals surface area contributed by atoms with Gasteiger partial charge in [0.25, 0.3) is 0 Å². The van der Waals surface area contributed by atoms with Crippen LogP contribution in [0.4, 0.5) is 0 Å². The quantitative estimate of drug-likeness (QED) is 0.744. The van der Waals surface area contributed by atoms with Gasteiger partial charge in [-0.05, 0) is 25.1 Å². The Morgan fingerprint density at radius 2 is 2.17 bits per heavy atom. The number of halogens is 1. The minimum absolute atomic E-state index is 0.209. The monoisotopic (exact) mass is 230 g/mol. The molecule has 12 heavy (non-hydrogen) atoms. The van der Waals surface area contributed by atoms with Crippen molar-refractivity contribution in [2.24, 2.45) is 0 Å². The van der Waals surface area contributed by atoms with Crippen molar-refractivity contribution in [2.75, 3.05) is 7.11 Å². The highest BCUT2D eigenvalue weighted by Crippen LogP contribution is 2.18. The van der Waals surface area contributed by atoms with Crippen LogP contribution in [0.1, 0.15) is 6.92 Å². The van der Waals surface area contributed by atoms with Gasteiger partial charge < -0.3 is 9.47 Å². The largest absolute Gasteiger partial charge is 0.465 e. The summed E-state index contributed by atoms with van der Waals surface area (Å²) in [4.78, 5) is 0. The molecule has 0 radical (unpaired) electrons. The van der Waals surface area contributed by atoms with Crippen molar-refractivity contribution in [1.29, 1.82) is 0 Å². The Balaban J connectivity index is 2.63. The first-order chi connectivity index (χ1) is 5.72. The fraction of sp³-hybridized carbons (Fsp3) is 0.333. The number of ether oxygens (including phenoxy) is 2. The second-order valence-electron chi connectivity index (χ2n) is 2.38. The maximum atomic E-state index is 5.39.